The minimum atomic E-state index is -3.86. The maximum Gasteiger partial charge on any atom is 0.244 e. The Morgan fingerprint density at radius 1 is 1.17 bits per heavy atom. The number of rotatable bonds is 6. The number of methoxy groups -OCH3 is 2. The van der Waals surface area contributed by atoms with Crippen molar-refractivity contribution in [2.75, 3.05) is 26.1 Å². The lowest BCUT2D eigenvalue weighted by Gasteiger charge is -2.24. The number of nitrogens with zero attached hydrogens (tertiary/aromatic N) is 1. The molecule has 0 bridgehead atoms. The normalized spacial score (nSPS) is 17.2. The van der Waals surface area contributed by atoms with Gasteiger partial charge in [-0.2, -0.15) is 4.31 Å². The summed E-state index contributed by atoms with van der Waals surface area (Å²) >= 11 is 6.11. The third-order valence-electron chi connectivity index (χ3n) is 4.91. The number of anilines is 1. The van der Waals surface area contributed by atoms with Crippen LogP contribution in [0.3, 0.4) is 0 Å². The second-order valence-electron chi connectivity index (χ2n) is 6.74. The van der Waals surface area contributed by atoms with Crippen LogP contribution in [0.25, 0.3) is 0 Å². The summed E-state index contributed by atoms with van der Waals surface area (Å²) < 4.78 is 38.1. The summed E-state index contributed by atoms with van der Waals surface area (Å²) in [5, 5.41) is 3.11. The van der Waals surface area contributed by atoms with Crippen molar-refractivity contribution >= 4 is 33.2 Å². The van der Waals surface area contributed by atoms with Gasteiger partial charge >= 0.3 is 0 Å². The molecule has 29 heavy (non-hydrogen) atoms. The van der Waals surface area contributed by atoms with E-state index in [0.717, 1.165) is 0 Å². The van der Waals surface area contributed by atoms with E-state index in [9.17, 15) is 13.2 Å². The molecule has 2 aromatic rings. The smallest absolute Gasteiger partial charge is 0.244 e. The molecule has 156 valence electrons. The van der Waals surface area contributed by atoms with Crippen LogP contribution >= 0.6 is 11.6 Å². The number of benzene rings is 2. The van der Waals surface area contributed by atoms with E-state index in [1.165, 1.54) is 24.6 Å². The molecule has 1 atom stereocenters. The van der Waals surface area contributed by atoms with E-state index < -0.39 is 22.0 Å². The van der Waals surface area contributed by atoms with E-state index in [2.05, 4.69) is 5.32 Å². The third-order valence-corrected chi connectivity index (χ3v) is 7.25. The Balaban J connectivity index is 1.85. The monoisotopic (exact) mass is 438 g/mol. The number of aryl methyl sites for hydroxylation is 1. The lowest BCUT2D eigenvalue weighted by molar-refractivity contribution is -0.119. The van der Waals surface area contributed by atoms with Crippen molar-refractivity contribution in [3.05, 3.63) is 47.0 Å². The van der Waals surface area contributed by atoms with Crippen LogP contribution in [0.2, 0.25) is 5.02 Å². The van der Waals surface area contributed by atoms with Crippen LogP contribution in [0.4, 0.5) is 5.69 Å². The topological polar surface area (TPSA) is 84.9 Å². The Morgan fingerprint density at radius 3 is 2.59 bits per heavy atom. The van der Waals surface area contributed by atoms with Gasteiger partial charge in [0.2, 0.25) is 15.9 Å². The Kier molecular flexibility index (Phi) is 6.36. The fourth-order valence-corrected chi connectivity index (χ4v) is 5.53. The Hall–Kier alpha value is -2.29. The van der Waals surface area contributed by atoms with Gasteiger partial charge in [0.15, 0.2) is 0 Å². The molecular formula is C20H23ClN2O5S. The summed E-state index contributed by atoms with van der Waals surface area (Å²) in [5.41, 5.74) is 1.07. The summed E-state index contributed by atoms with van der Waals surface area (Å²) in [7, 11) is -0.880. The molecule has 9 heteroatoms. The summed E-state index contributed by atoms with van der Waals surface area (Å²) in [6.07, 6.45) is 1.04. The minimum absolute atomic E-state index is 0.143. The van der Waals surface area contributed by atoms with Crippen LogP contribution in [0.15, 0.2) is 41.3 Å². The molecule has 2 aromatic carbocycles. The second kappa shape index (κ2) is 8.61. The van der Waals surface area contributed by atoms with Crippen molar-refractivity contribution in [2.24, 2.45) is 0 Å². The number of amides is 1. The quantitative estimate of drug-likeness (QED) is 0.746. The summed E-state index contributed by atoms with van der Waals surface area (Å²) in [4.78, 5) is 13.0. The van der Waals surface area contributed by atoms with Gasteiger partial charge in [0.1, 0.15) is 17.5 Å². The minimum Gasteiger partial charge on any atom is -0.497 e. The highest BCUT2D eigenvalue weighted by Crippen LogP contribution is 2.31. The number of hydrogen-bond donors (Lipinski definition) is 1. The van der Waals surface area contributed by atoms with Gasteiger partial charge in [0, 0.05) is 18.3 Å². The first kappa shape index (κ1) is 21.4. The Labute approximate surface area is 175 Å². The van der Waals surface area contributed by atoms with E-state index in [4.69, 9.17) is 21.1 Å². The first-order valence-electron chi connectivity index (χ1n) is 9.09. The van der Waals surface area contributed by atoms with Crippen LogP contribution in [0.5, 0.6) is 11.5 Å². The van der Waals surface area contributed by atoms with E-state index >= 15 is 0 Å². The maximum absolute atomic E-state index is 13.3. The van der Waals surface area contributed by atoms with Crippen molar-refractivity contribution < 1.29 is 22.7 Å². The third kappa shape index (κ3) is 4.34. The fraction of sp³-hybridized carbons (Fsp3) is 0.350. The zero-order chi connectivity index (χ0) is 21.2. The van der Waals surface area contributed by atoms with Gasteiger partial charge in [-0.25, -0.2) is 8.42 Å². The SMILES string of the molecule is COc1ccc(C)c(S(=O)(=O)N2CCC[C@@H]2C(=O)Nc2ccc(OC)c(Cl)c2)c1. The standard InChI is InChI=1S/C20H23ClN2O5S/c1-13-6-8-15(27-2)12-19(13)29(25,26)23-10-4-5-17(23)20(24)22-14-7-9-18(28-3)16(21)11-14/h6-9,11-12,17H,4-5,10H2,1-3H3,(H,22,24)/t17-/m1/s1. The predicted octanol–water partition coefficient (Wildman–Crippen LogP) is 3.46. The molecule has 3 rings (SSSR count). The molecule has 1 amide bonds. The maximum atomic E-state index is 13.3. The first-order chi connectivity index (χ1) is 13.8. The van der Waals surface area contributed by atoms with E-state index in [1.54, 1.807) is 37.3 Å². The highest BCUT2D eigenvalue weighted by Gasteiger charge is 2.40. The number of hydrogen-bond acceptors (Lipinski definition) is 5. The molecule has 0 radical (unpaired) electrons. The van der Waals surface area contributed by atoms with Crippen LogP contribution in [-0.4, -0.2) is 45.4 Å². The molecule has 0 saturated carbocycles. The average molecular weight is 439 g/mol. The highest BCUT2D eigenvalue weighted by molar-refractivity contribution is 7.89. The highest BCUT2D eigenvalue weighted by atomic mass is 35.5. The fourth-order valence-electron chi connectivity index (χ4n) is 3.37. The molecule has 1 N–H and O–H groups in total. The molecule has 1 aliphatic rings. The molecule has 1 saturated heterocycles. The number of sulfonamides is 1. The first-order valence-corrected chi connectivity index (χ1v) is 10.9. The Bertz CT molecular complexity index is 1030. The van der Waals surface area contributed by atoms with Gasteiger partial charge in [0.05, 0.1) is 24.1 Å². The number of halogens is 1. The lowest BCUT2D eigenvalue weighted by Crippen LogP contribution is -2.43. The molecule has 0 aromatic heterocycles. The molecule has 1 fully saturated rings. The van der Waals surface area contributed by atoms with Gasteiger partial charge in [-0.1, -0.05) is 17.7 Å². The summed E-state index contributed by atoms with van der Waals surface area (Å²) in [5.74, 6) is 0.540. The molecule has 0 unspecified atom stereocenters. The van der Waals surface area contributed by atoms with Crippen LogP contribution in [-0.2, 0) is 14.8 Å². The van der Waals surface area contributed by atoms with Crippen LogP contribution in [0, 0.1) is 6.92 Å². The number of ether oxygens (including phenoxy) is 2. The van der Waals surface area contributed by atoms with E-state index in [-0.39, 0.29) is 11.4 Å². The van der Waals surface area contributed by atoms with E-state index in [1.807, 2.05) is 0 Å². The predicted molar refractivity (Wildman–Crippen MR) is 111 cm³/mol. The van der Waals surface area contributed by atoms with Crippen molar-refractivity contribution in [2.45, 2.75) is 30.7 Å². The van der Waals surface area contributed by atoms with Crippen LogP contribution < -0.4 is 14.8 Å². The summed E-state index contributed by atoms with van der Waals surface area (Å²) in [6.45, 7) is 2.00. The number of carbonyl (C=O) groups excluding carboxylic acids is 1. The van der Waals surface area contributed by atoms with Gasteiger partial charge in [0.25, 0.3) is 0 Å². The summed E-state index contributed by atoms with van der Waals surface area (Å²) in [6, 6.07) is 8.95. The van der Waals surface area contributed by atoms with Gasteiger partial charge in [-0.05, 0) is 49.6 Å². The second-order valence-corrected chi connectivity index (χ2v) is 9.01. The van der Waals surface area contributed by atoms with Crippen molar-refractivity contribution in [1.29, 1.82) is 0 Å². The average Bonchev–Trinajstić information content (AvgIpc) is 3.19. The van der Waals surface area contributed by atoms with Crippen molar-refractivity contribution in [3.63, 3.8) is 0 Å². The number of nitrogens with one attached hydrogen (secondary N) is 1. The number of carbonyl (C=O) groups is 1. The van der Waals surface area contributed by atoms with Gasteiger partial charge in [-0.15, -0.1) is 0 Å². The van der Waals surface area contributed by atoms with E-state index in [0.29, 0.717) is 40.6 Å². The molecule has 1 heterocycles. The van der Waals surface area contributed by atoms with Gasteiger partial charge in [-0.3, -0.25) is 4.79 Å². The molecule has 7 nitrogen and oxygen atoms in total. The zero-order valence-corrected chi connectivity index (χ0v) is 18.0. The Morgan fingerprint density at radius 2 is 1.93 bits per heavy atom. The molecule has 1 aliphatic heterocycles. The van der Waals surface area contributed by atoms with Gasteiger partial charge < -0.3 is 14.8 Å². The van der Waals surface area contributed by atoms with Crippen molar-refractivity contribution in [3.8, 4) is 11.5 Å². The molecule has 0 spiro atoms. The van der Waals surface area contributed by atoms with Crippen molar-refractivity contribution in [1.82, 2.24) is 4.31 Å². The molecule has 0 aliphatic carbocycles. The largest absolute Gasteiger partial charge is 0.497 e. The van der Waals surface area contributed by atoms with Crippen LogP contribution in [0.1, 0.15) is 18.4 Å². The zero-order valence-electron chi connectivity index (χ0n) is 16.4. The molecular weight excluding hydrogens is 416 g/mol. The lowest BCUT2D eigenvalue weighted by atomic mass is 10.2.